The van der Waals surface area contributed by atoms with E-state index in [0.717, 1.165) is 28.9 Å². The van der Waals surface area contributed by atoms with Gasteiger partial charge in [-0.15, -0.1) is 0 Å². The second kappa shape index (κ2) is 6.40. The minimum atomic E-state index is -0.164. The zero-order valence-corrected chi connectivity index (χ0v) is 16.3. The van der Waals surface area contributed by atoms with E-state index in [4.69, 9.17) is 4.74 Å². The van der Waals surface area contributed by atoms with E-state index in [-0.39, 0.29) is 5.60 Å². The van der Waals surface area contributed by atoms with Crippen LogP contribution in [-0.2, 0) is 6.42 Å². The molecule has 1 aliphatic rings. The van der Waals surface area contributed by atoms with E-state index in [1.165, 1.54) is 11.1 Å². The zero-order valence-electron chi connectivity index (χ0n) is 16.3. The molecule has 1 atom stereocenters. The van der Waals surface area contributed by atoms with Gasteiger partial charge in [0.1, 0.15) is 17.1 Å². The Morgan fingerprint density at radius 3 is 2.56 bits per heavy atom. The molecule has 0 spiro atoms. The van der Waals surface area contributed by atoms with E-state index in [0.29, 0.717) is 24.0 Å². The van der Waals surface area contributed by atoms with Crippen LogP contribution < -0.4 is 4.74 Å². The second-order valence-electron chi connectivity index (χ2n) is 8.52. The number of hydrogen-bond donors (Lipinski definition) is 1. The monoisotopic (exact) mass is 338 g/mol. The summed E-state index contributed by atoms with van der Waals surface area (Å²) in [6, 6.07) is 10.6. The molecule has 3 rings (SSSR count). The molecule has 0 saturated carbocycles. The fraction of sp³-hybridized carbons (Fsp3) is 0.478. The fourth-order valence-electron chi connectivity index (χ4n) is 4.10. The van der Waals surface area contributed by atoms with Gasteiger partial charge in [-0.2, -0.15) is 0 Å². The zero-order chi connectivity index (χ0) is 18.4. The predicted octanol–water partition coefficient (Wildman–Crippen LogP) is 5.90. The highest BCUT2D eigenvalue weighted by Crippen LogP contribution is 2.46. The number of benzene rings is 2. The predicted molar refractivity (Wildman–Crippen MR) is 104 cm³/mol. The average Bonchev–Trinajstić information content (AvgIpc) is 2.51. The number of phenolic OH excluding ortho intramolecular Hbond substituents is 1. The molecule has 1 unspecified atom stereocenters. The third kappa shape index (κ3) is 3.53. The topological polar surface area (TPSA) is 29.5 Å². The van der Waals surface area contributed by atoms with E-state index < -0.39 is 0 Å². The van der Waals surface area contributed by atoms with Crippen molar-refractivity contribution in [2.45, 2.75) is 65.9 Å². The molecule has 0 aliphatic carbocycles. The van der Waals surface area contributed by atoms with Crippen molar-refractivity contribution in [2.24, 2.45) is 5.92 Å². The Balaban J connectivity index is 2.07. The highest BCUT2D eigenvalue weighted by molar-refractivity contribution is 5.51. The summed E-state index contributed by atoms with van der Waals surface area (Å²) in [6.45, 7) is 13.0. The summed E-state index contributed by atoms with van der Waals surface area (Å²) in [5.74, 6) is 2.51. The van der Waals surface area contributed by atoms with Gasteiger partial charge < -0.3 is 9.84 Å². The number of hydrogen-bond acceptors (Lipinski definition) is 2. The summed E-state index contributed by atoms with van der Waals surface area (Å²) in [5.41, 5.74) is 5.39. The third-order valence-corrected chi connectivity index (χ3v) is 5.33. The summed E-state index contributed by atoms with van der Waals surface area (Å²) in [4.78, 5) is 0. The van der Waals surface area contributed by atoms with E-state index in [9.17, 15) is 5.11 Å². The van der Waals surface area contributed by atoms with E-state index in [1.54, 1.807) is 0 Å². The Morgan fingerprint density at radius 2 is 1.88 bits per heavy atom. The van der Waals surface area contributed by atoms with Crippen LogP contribution in [0.5, 0.6) is 11.5 Å². The minimum absolute atomic E-state index is 0.164. The fourth-order valence-corrected chi connectivity index (χ4v) is 4.10. The summed E-state index contributed by atoms with van der Waals surface area (Å²) in [6.07, 6.45) is 1.73. The Morgan fingerprint density at radius 1 is 1.16 bits per heavy atom. The first-order valence-electron chi connectivity index (χ1n) is 9.28. The molecule has 2 aromatic rings. The molecule has 134 valence electrons. The van der Waals surface area contributed by atoms with Crippen LogP contribution in [0.2, 0.25) is 0 Å². The van der Waals surface area contributed by atoms with Gasteiger partial charge in [-0.1, -0.05) is 49.7 Å². The number of phenols is 1. The normalized spacial score (nSPS) is 18.8. The standard InChI is InChI=1S/C23H30O2/c1-14(2)20-13-23(5,6)25-22-17(8-7-9-19(20)22)12-18-11-15(3)10-16(4)21(18)24/h7-11,14,20,24H,12-13H2,1-6H3. The first kappa shape index (κ1) is 17.8. The molecule has 0 fully saturated rings. The van der Waals surface area contributed by atoms with Crippen LogP contribution in [0, 0.1) is 19.8 Å². The van der Waals surface area contributed by atoms with Crippen molar-refractivity contribution in [3.05, 3.63) is 58.1 Å². The van der Waals surface area contributed by atoms with E-state index in [1.807, 2.05) is 13.0 Å². The van der Waals surface area contributed by atoms with Crippen LogP contribution >= 0.6 is 0 Å². The molecule has 0 amide bonds. The van der Waals surface area contributed by atoms with Gasteiger partial charge in [0.25, 0.3) is 0 Å². The lowest BCUT2D eigenvalue weighted by atomic mass is 9.77. The summed E-state index contributed by atoms with van der Waals surface area (Å²) in [7, 11) is 0. The van der Waals surface area contributed by atoms with Crippen molar-refractivity contribution in [3.8, 4) is 11.5 Å². The number of rotatable bonds is 3. The van der Waals surface area contributed by atoms with Crippen molar-refractivity contribution in [3.63, 3.8) is 0 Å². The Labute approximate surface area is 151 Å². The number of para-hydroxylation sites is 1. The second-order valence-corrected chi connectivity index (χ2v) is 8.52. The largest absolute Gasteiger partial charge is 0.507 e. The van der Waals surface area contributed by atoms with E-state index in [2.05, 4.69) is 58.9 Å². The van der Waals surface area contributed by atoms with E-state index >= 15 is 0 Å². The van der Waals surface area contributed by atoms with Crippen molar-refractivity contribution in [1.82, 2.24) is 0 Å². The highest BCUT2D eigenvalue weighted by atomic mass is 16.5. The molecular formula is C23H30O2. The lowest BCUT2D eigenvalue weighted by Crippen LogP contribution is -2.36. The molecule has 2 nitrogen and oxygen atoms in total. The van der Waals surface area contributed by atoms with Crippen LogP contribution in [-0.4, -0.2) is 10.7 Å². The average molecular weight is 338 g/mol. The molecular weight excluding hydrogens is 308 g/mol. The van der Waals surface area contributed by atoms with Gasteiger partial charge in [-0.05, 0) is 68.2 Å². The molecule has 25 heavy (non-hydrogen) atoms. The molecule has 0 radical (unpaired) electrons. The van der Waals surface area contributed by atoms with Crippen LogP contribution in [0.3, 0.4) is 0 Å². The first-order chi connectivity index (χ1) is 11.7. The van der Waals surface area contributed by atoms with Crippen LogP contribution in [0.15, 0.2) is 30.3 Å². The van der Waals surface area contributed by atoms with Gasteiger partial charge in [0, 0.05) is 6.42 Å². The maximum atomic E-state index is 10.5. The molecule has 0 bridgehead atoms. The van der Waals surface area contributed by atoms with Gasteiger partial charge in [0.15, 0.2) is 0 Å². The van der Waals surface area contributed by atoms with Gasteiger partial charge in [-0.3, -0.25) is 0 Å². The highest BCUT2D eigenvalue weighted by Gasteiger charge is 2.36. The molecule has 2 heteroatoms. The Bertz CT molecular complexity index is 787. The SMILES string of the molecule is Cc1cc(C)c(O)c(Cc2cccc3c2OC(C)(C)CC3C(C)C)c1. The molecule has 1 N–H and O–H groups in total. The summed E-state index contributed by atoms with van der Waals surface area (Å²) < 4.78 is 6.42. The molecule has 1 heterocycles. The molecule has 1 aliphatic heterocycles. The van der Waals surface area contributed by atoms with Crippen molar-refractivity contribution in [1.29, 1.82) is 0 Å². The molecule has 0 aromatic heterocycles. The Hall–Kier alpha value is -1.96. The summed E-state index contributed by atoms with van der Waals surface area (Å²) in [5, 5.41) is 10.5. The summed E-state index contributed by atoms with van der Waals surface area (Å²) >= 11 is 0. The van der Waals surface area contributed by atoms with Gasteiger partial charge in [-0.25, -0.2) is 0 Å². The number of ether oxygens (including phenoxy) is 1. The third-order valence-electron chi connectivity index (χ3n) is 5.33. The van der Waals surface area contributed by atoms with Crippen molar-refractivity contribution in [2.75, 3.05) is 0 Å². The van der Waals surface area contributed by atoms with Crippen LogP contribution in [0.25, 0.3) is 0 Å². The number of aromatic hydroxyl groups is 1. The smallest absolute Gasteiger partial charge is 0.127 e. The van der Waals surface area contributed by atoms with Crippen molar-refractivity contribution < 1.29 is 9.84 Å². The first-order valence-corrected chi connectivity index (χ1v) is 9.28. The quantitative estimate of drug-likeness (QED) is 0.755. The lowest BCUT2D eigenvalue weighted by molar-refractivity contribution is 0.0629. The van der Waals surface area contributed by atoms with Crippen LogP contribution in [0.4, 0.5) is 0 Å². The maximum Gasteiger partial charge on any atom is 0.127 e. The van der Waals surface area contributed by atoms with Gasteiger partial charge in [0.2, 0.25) is 0 Å². The number of fused-ring (bicyclic) bond motifs is 1. The van der Waals surface area contributed by atoms with Crippen molar-refractivity contribution >= 4 is 0 Å². The minimum Gasteiger partial charge on any atom is -0.507 e. The molecule has 0 saturated heterocycles. The Kier molecular flexibility index (Phi) is 4.57. The lowest BCUT2D eigenvalue weighted by Gasteiger charge is -2.40. The number of aryl methyl sites for hydroxylation is 2. The maximum absolute atomic E-state index is 10.5. The van der Waals surface area contributed by atoms with Crippen LogP contribution in [0.1, 0.15) is 67.9 Å². The van der Waals surface area contributed by atoms with Gasteiger partial charge >= 0.3 is 0 Å². The van der Waals surface area contributed by atoms with Gasteiger partial charge in [0.05, 0.1) is 0 Å². The molecule has 2 aromatic carbocycles.